The maximum Gasteiger partial charge on any atom is 0.167 e. The molecule has 4 nitrogen and oxygen atoms in total. The molecule has 0 N–H and O–H groups in total. The first-order valence-electron chi connectivity index (χ1n) is 6.82. The molecule has 4 heteroatoms. The van der Waals surface area contributed by atoms with E-state index in [9.17, 15) is 0 Å². The van der Waals surface area contributed by atoms with E-state index < -0.39 is 0 Å². The van der Waals surface area contributed by atoms with Crippen LogP contribution in [0.25, 0.3) is 33.3 Å². The summed E-state index contributed by atoms with van der Waals surface area (Å²) in [5, 5.41) is 2.19. The van der Waals surface area contributed by atoms with E-state index in [4.69, 9.17) is 4.42 Å². The minimum Gasteiger partial charge on any atom is -0.455 e. The number of aryl methyl sites for hydroxylation is 2. The van der Waals surface area contributed by atoms with Crippen molar-refractivity contribution in [2.45, 2.75) is 13.8 Å². The molecular formula is C17H13N3O. The fourth-order valence-corrected chi connectivity index (χ4v) is 2.66. The average molecular weight is 275 g/mol. The van der Waals surface area contributed by atoms with Gasteiger partial charge in [-0.05, 0) is 26.0 Å². The Morgan fingerprint density at radius 3 is 2.29 bits per heavy atom. The molecular weight excluding hydrogens is 262 g/mol. The van der Waals surface area contributed by atoms with Crippen LogP contribution in [0.2, 0.25) is 0 Å². The van der Waals surface area contributed by atoms with Crippen LogP contribution in [0, 0.1) is 13.8 Å². The monoisotopic (exact) mass is 275 g/mol. The molecule has 4 aromatic rings. The molecule has 2 aromatic carbocycles. The molecule has 0 saturated heterocycles. The van der Waals surface area contributed by atoms with Crippen molar-refractivity contribution in [3.63, 3.8) is 0 Å². The van der Waals surface area contributed by atoms with Crippen molar-refractivity contribution in [1.82, 2.24) is 15.0 Å². The van der Waals surface area contributed by atoms with Crippen LogP contribution in [0.4, 0.5) is 0 Å². The van der Waals surface area contributed by atoms with Crippen molar-refractivity contribution in [2.75, 3.05) is 0 Å². The highest BCUT2D eigenvalue weighted by Crippen LogP contribution is 2.34. The second-order valence-electron chi connectivity index (χ2n) is 5.03. The first kappa shape index (κ1) is 12.0. The summed E-state index contributed by atoms with van der Waals surface area (Å²) in [6.45, 7) is 3.74. The van der Waals surface area contributed by atoms with E-state index in [-0.39, 0.29) is 0 Å². The molecule has 0 aliphatic carbocycles. The summed E-state index contributed by atoms with van der Waals surface area (Å²) in [6.07, 6.45) is 0. The number of hydrogen-bond donors (Lipinski definition) is 0. The topological polar surface area (TPSA) is 51.8 Å². The number of benzene rings is 2. The van der Waals surface area contributed by atoms with Crippen LogP contribution in [-0.4, -0.2) is 15.0 Å². The number of rotatable bonds is 1. The van der Waals surface area contributed by atoms with Gasteiger partial charge in [0.25, 0.3) is 0 Å². The summed E-state index contributed by atoms with van der Waals surface area (Å²) >= 11 is 0. The standard InChI is InChI=1S/C17H13N3O/c1-10-18-11(2)20-17(19-10)14-8-5-7-13-12-6-3-4-9-15(12)21-16(13)14/h3-9H,1-2H3. The molecule has 0 spiro atoms. The lowest BCUT2D eigenvalue weighted by Gasteiger charge is -2.03. The van der Waals surface area contributed by atoms with E-state index in [2.05, 4.69) is 27.1 Å². The number of furan rings is 1. The summed E-state index contributed by atoms with van der Waals surface area (Å²) < 4.78 is 6.02. The number of nitrogens with zero attached hydrogens (tertiary/aromatic N) is 3. The lowest BCUT2D eigenvalue weighted by molar-refractivity contribution is 0.669. The third-order valence-electron chi connectivity index (χ3n) is 3.50. The van der Waals surface area contributed by atoms with E-state index in [1.165, 1.54) is 0 Å². The maximum atomic E-state index is 6.02. The zero-order valence-electron chi connectivity index (χ0n) is 11.8. The summed E-state index contributed by atoms with van der Waals surface area (Å²) in [5.41, 5.74) is 2.60. The van der Waals surface area contributed by atoms with Crippen LogP contribution in [0.3, 0.4) is 0 Å². The Morgan fingerprint density at radius 2 is 1.48 bits per heavy atom. The summed E-state index contributed by atoms with van der Waals surface area (Å²) in [6, 6.07) is 14.1. The minimum atomic E-state index is 0.657. The first-order chi connectivity index (χ1) is 10.2. The van der Waals surface area contributed by atoms with Crippen LogP contribution in [0.5, 0.6) is 0 Å². The van der Waals surface area contributed by atoms with E-state index in [1.54, 1.807) is 0 Å². The molecule has 0 atom stereocenters. The van der Waals surface area contributed by atoms with Gasteiger partial charge in [-0.3, -0.25) is 0 Å². The number of hydrogen-bond acceptors (Lipinski definition) is 4. The van der Waals surface area contributed by atoms with Crippen LogP contribution >= 0.6 is 0 Å². The van der Waals surface area contributed by atoms with Gasteiger partial charge in [-0.15, -0.1) is 0 Å². The van der Waals surface area contributed by atoms with Gasteiger partial charge < -0.3 is 4.42 Å². The largest absolute Gasteiger partial charge is 0.455 e. The molecule has 4 rings (SSSR count). The molecule has 0 fully saturated rings. The Balaban J connectivity index is 2.09. The zero-order chi connectivity index (χ0) is 14.4. The predicted molar refractivity (Wildman–Crippen MR) is 82.0 cm³/mol. The van der Waals surface area contributed by atoms with E-state index in [0.717, 1.165) is 27.5 Å². The molecule has 0 aliphatic rings. The first-order valence-corrected chi connectivity index (χ1v) is 6.82. The zero-order valence-corrected chi connectivity index (χ0v) is 11.8. The fraction of sp³-hybridized carbons (Fsp3) is 0.118. The molecule has 0 unspecified atom stereocenters. The molecule has 2 aromatic heterocycles. The quantitative estimate of drug-likeness (QED) is 0.525. The highest BCUT2D eigenvalue weighted by Gasteiger charge is 2.14. The Morgan fingerprint density at radius 1 is 0.762 bits per heavy atom. The molecule has 0 radical (unpaired) electrons. The molecule has 0 saturated carbocycles. The molecule has 0 bridgehead atoms. The van der Waals surface area contributed by atoms with E-state index in [1.807, 2.05) is 44.2 Å². The summed E-state index contributed by atoms with van der Waals surface area (Å²) in [7, 11) is 0. The van der Waals surface area contributed by atoms with Crippen molar-refractivity contribution in [3.8, 4) is 11.4 Å². The second-order valence-corrected chi connectivity index (χ2v) is 5.03. The molecule has 21 heavy (non-hydrogen) atoms. The van der Waals surface area contributed by atoms with Crippen LogP contribution < -0.4 is 0 Å². The van der Waals surface area contributed by atoms with Gasteiger partial charge in [-0.25, -0.2) is 15.0 Å². The number of para-hydroxylation sites is 2. The molecule has 102 valence electrons. The van der Waals surface area contributed by atoms with Crippen molar-refractivity contribution in [3.05, 3.63) is 54.1 Å². The van der Waals surface area contributed by atoms with Gasteiger partial charge in [0.2, 0.25) is 0 Å². The van der Waals surface area contributed by atoms with Gasteiger partial charge in [-0.2, -0.15) is 0 Å². The lowest BCUT2D eigenvalue weighted by Crippen LogP contribution is -1.98. The lowest BCUT2D eigenvalue weighted by atomic mass is 10.1. The van der Waals surface area contributed by atoms with Gasteiger partial charge in [0.05, 0.1) is 5.56 Å². The van der Waals surface area contributed by atoms with Crippen molar-refractivity contribution < 1.29 is 4.42 Å². The van der Waals surface area contributed by atoms with Crippen LogP contribution in [-0.2, 0) is 0 Å². The van der Waals surface area contributed by atoms with Gasteiger partial charge in [-0.1, -0.05) is 30.3 Å². The van der Waals surface area contributed by atoms with E-state index in [0.29, 0.717) is 17.5 Å². The van der Waals surface area contributed by atoms with Crippen LogP contribution in [0.15, 0.2) is 46.9 Å². The van der Waals surface area contributed by atoms with Crippen LogP contribution in [0.1, 0.15) is 11.6 Å². The Kier molecular flexibility index (Phi) is 2.51. The Hall–Kier alpha value is -2.75. The predicted octanol–water partition coefficient (Wildman–Crippen LogP) is 4.05. The van der Waals surface area contributed by atoms with Crippen molar-refractivity contribution in [1.29, 1.82) is 0 Å². The smallest absolute Gasteiger partial charge is 0.167 e. The third-order valence-corrected chi connectivity index (χ3v) is 3.50. The van der Waals surface area contributed by atoms with E-state index >= 15 is 0 Å². The average Bonchev–Trinajstić information content (AvgIpc) is 2.84. The summed E-state index contributed by atoms with van der Waals surface area (Å²) in [4.78, 5) is 13.1. The number of aromatic nitrogens is 3. The van der Waals surface area contributed by atoms with Gasteiger partial charge in [0, 0.05) is 10.8 Å². The Labute approximate surface area is 121 Å². The maximum absolute atomic E-state index is 6.02. The SMILES string of the molecule is Cc1nc(C)nc(-c2cccc3c2oc2ccccc23)n1. The van der Waals surface area contributed by atoms with Gasteiger partial charge >= 0.3 is 0 Å². The summed E-state index contributed by atoms with van der Waals surface area (Å²) in [5.74, 6) is 2.08. The van der Waals surface area contributed by atoms with Crippen molar-refractivity contribution in [2.24, 2.45) is 0 Å². The van der Waals surface area contributed by atoms with Crippen molar-refractivity contribution >= 4 is 21.9 Å². The van der Waals surface area contributed by atoms with Gasteiger partial charge in [0.15, 0.2) is 5.82 Å². The normalized spacial score (nSPS) is 11.3. The molecule has 0 amide bonds. The molecule has 0 aliphatic heterocycles. The second kappa shape index (κ2) is 4.38. The molecule has 2 heterocycles. The number of fused-ring (bicyclic) bond motifs is 3. The van der Waals surface area contributed by atoms with Gasteiger partial charge in [0.1, 0.15) is 22.8 Å². The highest BCUT2D eigenvalue weighted by molar-refractivity contribution is 6.08. The highest BCUT2D eigenvalue weighted by atomic mass is 16.3. The third kappa shape index (κ3) is 1.88. The minimum absolute atomic E-state index is 0.657. The fourth-order valence-electron chi connectivity index (χ4n) is 2.66. The Bertz CT molecular complexity index is 952.